The summed E-state index contributed by atoms with van der Waals surface area (Å²) in [7, 11) is 0. The second kappa shape index (κ2) is 4.91. The lowest BCUT2D eigenvalue weighted by Gasteiger charge is -2.24. The highest BCUT2D eigenvalue weighted by Gasteiger charge is 2.23. The Balaban J connectivity index is 2.15. The van der Waals surface area contributed by atoms with Gasteiger partial charge in [0.2, 0.25) is 0 Å². The molecule has 0 saturated heterocycles. The van der Waals surface area contributed by atoms with Gasteiger partial charge in [0.05, 0.1) is 0 Å². The summed E-state index contributed by atoms with van der Waals surface area (Å²) < 4.78 is 0. The van der Waals surface area contributed by atoms with Crippen molar-refractivity contribution in [2.75, 3.05) is 6.54 Å². The van der Waals surface area contributed by atoms with Crippen molar-refractivity contribution in [2.45, 2.75) is 52.0 Å². The second-order valence-electron chi connectivity index (χ2n) is 4.68. The molecule has 1 aliphatic carbocycles. The number of nitrogens with one attached hydrogen (secondary N) is 1. The lowest BCUT2D eigenvalue weighted by molar-refractivity contribution is 0.399. The fourth-order valence-corrected chi connectivity index (χ4v) is 2.20. The van der Waals surface area contributed by atoms with Crippen molar-refractivity contribution in [2.24, 2.45) is 0 Å². The molecule has 1 atom stereocenters. The van der Waals surface area contributed by atoms with Gasteiger partial charge in [-0.1, -0.05) is 13.3 Å². The average molecular weight is 219 g/mol. The normalized spacial score (nSPS) is 18.2. The third kappa shape index (κ3) is 2.24. The first-order chi connectivity index (χ1) is 7.72. The molecule has 1 N–H and O–H groups in total. The molecular formula is C13H21N3. The minimum atomic E-state index is 0.348. The van der Waals surface area contributed by atoms with Gasteiger partial charge in [0.1, 0.15) is 5.82 Å². The number of aromatic nitrogens is 2. The molecule has 0 amide bonds. The van der Waals surface area contributed by atoms with Crippen LogP contribution in [0.15, 0.2) is 6.20 Å². The molecule has 1 aliphatic rings. The molecule has 0 aliphatic heterocycles. The first-order valence-electron chi connectivity index (χ1n) is 6.29. The molecule has 1 fully saturated rings. The van der Waals surface area contributed by atoms with Gasteiger partial charge >= 0.3 is 0 Å². The van der Waals surface area contributed by atoms with Gasteiger partial charge in [-0.25, -0.2) is 9.97 Å². The molecule has 1 unspecified atom stereocenters. The Labute approximate surface area is 97.7 Å². The first kappa shape index (κ1) is 11.5. The van der Waals surface area contributed by atoms with Gasteiger partial charge in [-0.2, -0.15) is 0 Å². The Kier molecular flexibility index (Phi) is 3.54. The van der Waals surface area contributed by atoms with Gasteiger partial charge in [0, 0.05) is 29.4 Å². The molecule has 0 aromatic carbocycles. The fourth-order valence-electron chi connectivity index (χ4n) is 2.20. The van der Waals surface area contributed by atoms with Gasteiger partial charge in [-0.15, -0.1) is 0 Å². The van der Waals surface area contributed by atoms with E-state index in [2.05, 4.69) is 36.1 Å². The Bertz CT molecular complexity index is 358. The first-order valence-corrected chi connectivity index (χ1v) is 6.29. The molecule has 2 rings (SSSR count). The number of hydrogen-bond acceptors (Lipinski definition) is 3. The monoisotopic (exact) mass is 219 g/mol. The van der Waals surface area contributed by atoms with E-state index in [0.29, 0.717) is 12.0 Å². The predicted molar refractivity (Wildman–Crippen MR) is 65.5 cm³/mol. The Morgan fingerprint density at radius 1 is 1.50 bits per heavy atom. The molecule has 1 heterocycles. The fraction of sp³-hybridized carbons (Fsp3) is 0.692. The van der Waals surface area contributed by atoms with E-state index in [1.165, 1.54) is 24.8 Å². The lowest BCUT2D eigenvalue weighted by Crippen LogP contribution is -2.20. The average Bonchev–Trinajstić information content (AvgIpc) is 2.15. The van der Waals surface area contributed by atoms with E-state index in [1.807, 2.05) is 6.20 Å². The second-order valence-corrected chi connectivity index (χ2v) is 4.68. The third-order valence-electron chi connectivity index (χ3n) is 3.48. The zero-order chi connectivity index (χ0) is 11.5. The zero-order valence-corrected chi connectivity index (χ0v) is 10.5. The van der Waals surface area contributed by atoms with Crippen molar-refractivity contribution in [3.8, 4) is 0 Å². The predicted octanol–water partition coefficient (Wildman–Crippen LogP) is 2.72. The quantitative estimate of drug-likeness (QED) is 0.846. The summed E-state index contributed by atoms with van der Waals surface area (Å²) in [5.74, 6) is 1.68. The van der Waals surface area contributed by atoms with Crippen molar-refractivity contribution in [3.63, 3.8) is 0 Å². The highest BCUT2D eigenvalue weighted by atomic mass is 14.9. The van der Waals surface area contributed by atoms with Crippen molar-refractivity contribution in [1.29, 1.82) is 0 Å². The molecule has 0 bridgehead atoms. The van der Waals surface area contributed by atoms with Gasteiger partial charge < -0.3 is 5.32 Å². The van der Waals surface area contributed by atoms with Crippen molar-refractivity contribution in [3.05, 3.63) is 23.3 Å². The van der Waals surface area contributed by atoms with Gasteiger partial charge in [0.15, 0.2) is 0 Å². The van der Waals surface area contributed by atoms with Crippen LogP contribution in [0.25, 0.3) is 0 Å². The summed E-state index contributed by atoms with van der Waals surface area (Å²) in [6.07, 6.45) is 5.87. The van der Waals surface area contributed by atoms with Crippen molar-refractivity contribution < 1.29 is 0 Å². The largest absolute Gasteiger partial charge is 0.310 e. The van der Waals surface area contributed by atoms with Crippen LogP contribution in [0.4, 0.5) is 0 Å². The van der Waals surface area contributed by atoms with E-state index in [1.54, 1.807) is 0 Å². The molecule has 88 valence electrons. The van der Waals surface area contributed by atoms with Gasteiger partial charge in [-0.05, 0) is 33.2 Å². The van der Waals surface area contributed by atoms with E-state index in [4.69, 9.17) is 0 Å². The number of aryl methyl sites for hydroxylation is 1. The van der Waals surface area contributed by atoms with Crippen LogP contribution >= 0.6 is 0 Å². The maximum Gasteiger partial charge on any atom is 0.131 e. The highest BCUT2D eigenvalue weighted by Crippen LogP contribution is 2.34. The zero-order valence-electron chi connectivity index (χ0n) is 10.5. The van der Waals surface area contributed by atoms with Gasteiger partial charge in [0.25, 0.3) is 0 Å². The van der Waals surface area contributed by atoms with E-state index < -0.39 is 0 Å². The molecule has 1 saturated carbocycles. The standard InChI is InChI=1S/C13H21N3/c1-4-14-9(2)12-8-15-13(16-10(12)3)11-6-5-7-11/h8-9,11,14H,4-7H2,1-3H3. The molecule has 3 nitrogen and oxygen atoms in total. The van der Waals surface area contributed by atoms with Crippen LogP contribution in [0.1, 0.15) is 62.2 Å². The summed E-state index contributed by atoms with van der Waals surface area (Å²) in [6, 6.07) is 0.348. The van der Waals surface area contributed by atoms with Crippen LogP contribution in [0.5, 0.6) is 0 Å². The Morgan fingerprint density at radius 3 is 2.75 bits per heavy atom. The minimum Gasteiger partial charge on any atom is -0.310 e. The number of hydrogen-bond donors (Lipinski definition) is 1. The molecule has 0 radical (unpaired) electrons. The van der Waals surface area contributed by atoms with Crippen LogP contribution in [0, 0.1) is 6.92 Å². The number of nitrogens with zero attached hydrogens (tertiary/aromatic N) is 2. The molecule has 1 aromatic rings. The van der Waals surface area contributed by atoms with E-state index in [9.17, 15) is 0 Å². The molecular weight excluding hydrogens is 198 g/mol. The van der Waals surface area contributed by atoms with Gasteiger partial charge in [-0.3, -0.25) is 0 Å². The van der Waals surface area contributed by atoms with E-state index in [0.717, 1.165) is 18.1 Å². The molecule has 16 heavy (non-hydrogen) atoms. The molecule has 3 heteroatoms. The van der Waals surface area contributed by atoms with Crippen LogP contribution in [0.3, 0.4) is 0 Å². The van der Waals surface area contributed by atoms with Crippen LogP contribution in [-0.2, 0) is 0 Å². The van der Waals surface area contributed by atoms with Crippen LogP contribution in [-0.4, -0.2) is 16.5 Å². The summed E-state index contributed by atoms with van der Waals surface area (Å²) in [4.78, 5) is 9.16. The Hall–Kier alpha value is -0.960. The summed E-state index contributed by atoms with van der Waals surface area (Å²) in [6.45, 7) is 7.35. The number of rotatable bonds is 4. The van der Waals surface area contributed by atoms with Crippen molar-refractivity contribution >= 4 is 0 Å². The summed E-state index contributed by atoms with van der Waals surface area (Å²) in [5, 5.41) is 3.40. The molecule has 1 aromatic heterocycles. The minimum absolute atomic E-state index is 0.348. The summed E-state index contributed by atoms with van der Waals surface area (Å²) in [5.41, 5.74) is 2.36. The third-order valence-corrected chi connectivity index (χ3v) is 3.48. The highest BCUT2D eigenvalue weighted by molar-refractivity contribution is 5.21. The lowest BCUT2D eigenvalue weighted by atomic mass is 9.85. The molecule has 0 spiro atoms. The maximum atomic E-state index is 4.65. The van der Waals surface area contributed by atoms with Crippen molar-refractivity contribution in [1.82, 2.24) is 15.3 Å². The smallest absolute Gasteiger partial charge is 0.131 e. The van der Waals surface area contributed by atoms with Crippen LogP contribution < -0.4 is 5.32 Å². The maximum absolute atomic E-state index is 4.65. The van der Waals surface area contributed by atoms with E-state index >= 15 is 0 Å². The Morgan fingerprint density at radius 2 is 2.25 bits per heavy atom. The summed E-state index contributed by atoms with van der Waals surface area (Å²) >= 11 is 0. The SMILES string of the molecule is CCNC(C)c1cnc(C2CCC2)nc1C. The van der Waals surface area contributed by atoms with Crippen LogP contribution in [0.2, 0.25) is 0 Å². The topological polar surface area (TPSA) is 37.8 Å². The van der Waals surface area contributed by atoms with E-state index in [-0.39, 0.29) is 0 Å².